The highest BCUT2D eigenvalue weighted by atomic mass is 32.2. The highest BCUT2D eigenvalue weighted by Gasteiger charge is 2.15. The Hall–Kier alpha value is -2.67. The molecule has 7 heteroatoms. The SMILES string of the molecule is C[C@@H](NC(=O)c1ccc(Sc2ccccn2)cc1)c1nncn1C. The van der Waals surface area contributed by atoms with E-state index in [9.17, 15) is 4.79 Å². The van der Waals surface area contributed by atoms with Crippen LogP contribution < -0.4 is 5.32 Å². The molecule has 0 bridgehead atoms. The van der Waals surface area contributed by atoms with Gasteiger partial charge in [0.1, 0.15) is 11.4 Å². The summed E-state index contributed by atoms with van der Waals surface area (Å²) in [6.07, 6.45) is 3.37. The van der Waals surface area contributed by atoms with Crippen molar-refractivity contribution in [2.45, 2.75) is 22.9 Å². The molecule has 2 heterocycles. The van der Waals surface area contributed by atoms with Gasteiger partial charge in [0.15, 0.2) is 5.82 Å². The van der Waals surface area contributed by atoms with E-state index in [1.807, 2.05) is 56.4 Å². The first kappa shape index (κ1) is 16.2. The zero-order valence-electron chi connectivity index (χ0n) is 13.4. The Labute approximate surface area is 144 Å². The van der Waals surface area contributed by atoms with Crippen molar-refractivity contribution in [1.82, 2.24) is 25.1 Å². The maximum Gasteiger partial charge on any atom is 0.251 e. The van der Waals surface area contributed by atoms with Gasteiger partial charge in [-0.1, -0.05) is 17.8 Å². The van der Waals surface area contributed by atoms with E-state index in [1.165, 1.54) is 0 Å². The third-order valence-corrected chi connectivity index (χ3v) is 4.42. The van der Waals surface area contributed by atoms with Crippen LogP contribution in [-0.4, -0.2) is 25.7 Å². The van der Waals surface area contributed by atoms with E-state index >= 15 is 0 Å². The first-order valence-corrected chi connectivity index (χ1v) is 8.29. The quantitative estimate of drug-likeness (QED) is 0.774. The average Bonchev–Trinajstić information content (AvgIpc) is 3.02. The number of nitrogens with zero attached hydrogens (tertiary/aromatic N) is 4. The van der Waals surface area contributed by atoms with Crippen LogP contribution in [0.5, 0.6) is 0 Å². The van der Waals surface area contributed by atoms with Crippen molar-refractivity contribution in [3.05, 3.63) is 66.4 Å². The molecule has 1 atom stereocenters. The summed E-state index contributed by atoms with van der Waals surface area (Å²) in [5.74, 6) is 0.575. The molecule has 0 unspecified atom stereocenters. The highest BCUT2D eigenvalue weighted by Crippen LogP contribution is 2.25. The molecule has 3 rings (SSSR count). The predicted molar refractivity (Wildman–Crippen MR) is 91.7 cm³/mol. The number of carbonyl (C=O) groups is 1. The first-order valence-electron chi connectivity index (χ1n) is 7.47. The molecule has 1 N–H and O–H groups in total. The lowest BCUT2D eigenvalue weighted by Crippen LogP contribution is -2.28. The third-order valence-electron chi connectivity index (χ3n) is 3.46. The summed E-state index contributed by atoms with van der Waals surface area (Å²) < 4.78 is 1.79. The van der Waals surface area contributed by atoms with Crippen LogP contribution in [0.25, 0.3) is 0 Å². The number of pyridine rings is 1. The lowest BCUT2D eigenvalue weighted by Gasteiger charge is -2.13. The minimum Gasteiger partial charge on any atom is -0.342 e. The predicted octanol–water partition coefficient (Wildman–Crippen LogP) is 2.85. The van der Waals surface area contributed by atoms with Gasteiger partial charge in [-0.3, -0.25) is 4.79 Å². The average molecular weight is 339 g/mol. The van der Waals surface area contributed by atoms with Gasteiger partial charge in [0.2, 0.25) is 0 Å². The Morgan fingerprint density at radius 2 is 2.00 bits per heavy atom. The van der Waals surface area contributed by atoms with Crippen molar-refractivity contribution < 1.29 is 4.79 Å². The molecule has 122 valence electrons. The molecule has 0 aliphatic carbocycles. The minimum absolute atomic E-state index is 0.139. The normalized spacial score (nSPS) is 11.9. The third kappa shape index (κ3) is 3.80. The van der Waals surface area contributed by atoms with Crippen molar-refractivity contribution in [2.75, 3.05) is 0 Å². The molecule has 2 aromatic heterocycles. The summed E-state index contributed by atoms with van der Waals surface area (Å²) in [6, 6.07) is 13.0. The van der Waals surface area contributed by atoms with Crippen molar-refractivity contribution >= 4 is 17.7 Å². The second-order valence-corrected chi connectivity index (χ2v) is 6.38. The molecule has 6 nitrogen and oxygen atoms in total. The zero-order chi connectivity index (χ0) is 16.9. The van der Waals surface area contributed by atoms with Gasteiger partial charge >= 0.3 is 0 Å². The van der Waals surface area contributed by atoms with Crippen LogP contribution in [0.3, 0.4) is 0 Å². The molecule has 0 spiro atoms. The van der Waals surface area contributed by atoms with Gasteiger partial charge in [0.05, 0.1) is 6.04 Å². The number of hydrogen-bond donors (Lipinski definition) is 1. The highest BCUT2D eigenvalue weighted by molar-refractivity contribution is 7.99. The number of carbonyl (C=O) groups excluding carboxylic acids is 1. The molecule has 0 radical (unpaired) electrons. The maximum atomic E-state index is 12.3. The van der Waals surface area contributed by atoms with E-state index in [0.29, 0.717) is 11.4 Å². The number of rotatable bonds is 5. The fourth-order valence-corrected chi connectivity index (χ4v) is 3.01. The number of benzene rings is 1. The molecule has 1 amide bonds. The summed E-state index contributed by atoms with van der Waals surface area (Å²) in [6.45, 7) is 1.88. The maximum absolute atomic E-state index is 12.3. The van der Waals surface area contributed by atoms with Crippen LogP contribution in [0.2, 0.25) is 0 Å². The fourth-order valence-electron chi connectivity index (χ4n) is 2.23. The van der Waals surface area contributed by atoms with Crippen LogP contribution in [0.4, 0.5) is 0 Å². The molecule has 0 aliphatic rings. The van der Waals surface area contributed by atoms with E-state index < -0.39 is 0 Å². The molecule has 1 aromatic carbocycles. The van der Waals surface area contributed by atoms with Gasteiger partial charge in [0, 0.05) is 23.7 Å². The summed E-state index contributed by atoms with van der Waals surface area (Å²) >= 11 is 1.56. The monoisotopic (exact) mass is 339 g/mol. The lowest BCUT2D eigenvalue weighted by molar-refractivity contribution is 0.0937. The van der Waals surface area contributed by atoms with Crippen LogP contribution in [0.1, 0.15) is 29.1 Å². The van der Waals surface area contributed by atoms with Crippen LogP contribution in [-0.2, 0) is 7.05 Å². The van der Waals surface area contributed by atoms with Gasteiger partial charge in [-0.25, -0.2) is 4.98 Å². The number of aromatic nitrogens is 4. The Balaban J connectivity index is 1.64. The van der Waals surface area contributed by atoms with Gasteiger partial charge in [0.25, 0.3) is 5.91 Å². The number of hydrogen-bond acceptors (Lipinski definition) is 5. The Morgan fingerprint density at radius 1 is 1.21 bits per heavy atom. The largest absolute Gasteiger partial charge is 0.342 e. The molecular weight excluding hydrogens is 322 g/mol. The second kappa shape index (κ2) is 7.27. The van der Waals surface area contributed by atoms with Crippen LogP contribution in [0.15, 0.2) is 64.9 Å². The van der Waals surface area contributed by atoms with Crippen LogP contribution in [0, 0.1) is 0 Å². The summed E-state index contributed by atoms with van der Waals surface area (Å²) in [4.78, 5) is 17.7. The zero-order valence-corrected chi connectivity index (χ0v) is 14.2. The Morgan fingerprint density at radius 3 is 2.62 bits per heavy atom. The Kier molecular flexibility index (Phi) is 4.90. The van der Waals surface area contributed by atoms with Crippen molar-refractivity contribution in [2.24, 2.45) is 7.05 Å². The summed E-state index contributed by atoms with van der Waals surface area (Å²) in [5, 5.41) is 11.7. The number of nitrogens with one attached hydrogen (secondary N) is 1. The summed E-state index contributed by atoms with van der Waals surface area (Å²) in [7, 11) is 1.85. The lowest BCUT2D eigenvalue weighted by atomic mass is 10.2. The molecule has 0 aliphatic heterocycles. The Bertz CT molecular complexity index is 817. The van der Waals surface area contributed by atoms with Gasteiger partial charge in [-0.05, 0) is 43.3 Å². The smallest absolute Gasteiger partial charge is 0.251 e. The number of amides is 1. The van der Waals surface area contributed by atoms with E-state index in [0.717, 1.165) is 9.92 Å². The minimum atomic E-state index is -0.215. The molecular formula is C17H17N5OS. The van der Waals surface area contributed by atoms with Gasteiger partial charge in [-0.15, -0.1) is 10.2 Å². The standard InChI is InChI=1S/C17H17N5OS/c1-12(16-21-19-11-22(16)2)20-17(23)13-6-8-14(9-7-13)24-15-5-3-4-10-18-15/h3-12H,1-2H3,(H,20,23)/t12-/m1/s1. The second-order valence-electron chi connectivity index (χ2n) is 5.29. The molecule has 24 heavy (non-hydrogen) atoms. The fraction of sp³-hybridized carbons (Fsp3) is 0.176. The number of aryl methyl sites for hydroxylation is 1. The summed E-state index contributed by atoms with van der Waals surface area (Å²) in [5.41, 5.74) is 0.606. The van der Waals surface area contributed by atoms with Crippen molar-refractivity contribution in [3.63, 3.8) is 0 Å². The first-order chi connectivity index (χ1) is 11.6. The van der Waals surface area contributed by atoms with Gasteiger partial charge in [-0.2, -0.15) is 0 Å². The van der Waals surface area contributed by atoms with Gasteiger partial charge < -0.3 is 9.88 Å². The van der Waals surface area contributed by atoms with Crippen LogP contribution >= 0.6 is 11.8 Å². The van der Waals surface area contributed by atoms with E-state index in [4.69, 9.17) is 0 Å². The van der Waals surface area contributed by atoms with E-state index in [1.54, 1.807) is 28.9 Å². The molecule has 3 aromatic rings. The van der Waals surface area contributed by atoms with E-state index in [2.05, 4.69) is 20.5 Å². The molecule has 0 saturated heterocycles. The molecule has 0 fully saturated rings. The topological polar surface area (TPSA) is 72.7 Å². The van der Waals surface area contributed by atoms with Crippen molar-refractivity contribution in [3.8, 4) is 0 Å². The van der Waals surface area contributed by atoms with E-state index in [-0.39, 0.29) is 11.9 Å². The van der Waals surface area contributed by atoms with Crippen molar-refractivity contribution in [1.29, 1.82) is 0 Å². The molecule has 0 saturated carbocycles.